The molecule has 0 bridgehead atoms. The number of rotatable bonds is 10. The van der Waals surface area contributed by atoms with E-state index in [0.29, 0.717) is 6.61 Å². The molecule has 172 valence electrons. The third kappa shape index (κ3) is 6.06. The van der Waals surface area contributed by atoms with Crippen molar-refractivity contribution < 1.29 is 4.74 Å². The van der Waals surface area contributed by atoms with Crippen molar-refractivity contribution in [1.82, 2.24) is 0 Å². The largest absolute Gasteiger partial charge is 0.490 e. The van der Waals surface area contributed by atoms with Gasteiger partial charge in [-0.3, -0.25) is 0 Å². The first-order chi connectivity index (χ1) is 15.8. The minimum absolute atomic E-state index is 0.552. The fourth-order valence-electron chi connectivity index (χ4n) is 6.26. The van der Waals surface area contributed by atoms with Crippen molar-refractivity contribution in [3.05, 3.63) is 66.7 Å². The first kappa shape index (κ1) is 23.1. The monoisotopic (exact) mass is 430 g/mol. The highest BCUT2D eigenvalue weighted by atomic mass is 16.5. The Kier molecular flexibility index (Phi) is 8.49. The van der Waals surface area contributed by atoms with Crippen molar-refractivity contribution in [2.45, 2.75) is 83.5 Å². The van der Waals surface area contributed by atoms with Crippen LogP contribution < -0.4 is 4.74 Å². The minimum Gasteiger partial charge on any atom is -0.490 e. The smallest absolute Gasteiger partial charge is 0.119 e. The molecule has 4 atom stereocenters. The second-order valence-corrected chi connectivity index (χ2v) is 10.3. The summed E-state index contributed by atoms with van der Waals surface area (Å²) in [6, 6.07) is 17.8. The normalized spacial score (nSPS) is 25.2. The van der Waals surface area contributed by atoms with Gasteiger partial charge in [0.1, 0.15) is 12.4 Å². The minimum atomic E-state index is 0.552. The lowest BCUT2D eigenvalue weighted by Gasteiger charge is -2.42. The van der Waals surface area contributed by atoms with Crippen molar-refractivity contribution >= 4 is 0 Å². The van der Waals surface area contributed by atoms with Crippen LogP contribution >= 0.6 is 0 Å². The molecule has 32 heavy (non-hydrogen) atoms. The highest BCUT2D eigenvalue weighted by Crippen LogP contribution is 2.48. The maximum atomic E-state index is 5.61. The van der Waals surface area contributed by atoms with Crippen LogP contribution in [0, 0.1) is 17.8 Å². The molecule has 0 aromatic heterocycles. The summed E-state index contributed by atoms with van der Waals surface area (Å²) in [5.74, 6) is 4.68. The van der Waals surface area contributed by atoms with Gasteiger partial charge in [-0.1, -0.05) is 94.5 Å². The number of benzene rings is 2. The molecule has 0 spiro atoms. The second-order valence-electron chi connectivity index (χ2n) is 10.3. The summed E-state index contributed by atoms with van der Waals surface area (Å²) < 4.78 is 5.61. The van der Waals surface area contributed by atoms with Crippen molar-refractivity contribution in [2.75, 3.05) is 6.61 Å². The number of fused-ring (bicyclic) bond motifs is 1. The summed E-state index contributed by atoms with van der Waals surface area (Å²) in [5.41, 5.74) is 4.10. The van der Waals surface area contributed by atoms with Crippen LogP contribution in [0.2, 0.25) is 0 Å². The van der Waals surface area contributed by atoms with Gasteiger partial charge in [0.25, 0.3) is 0 Å². The zero-order chi connectivity index (χ0) is 22.2. The van der Waals surface area contributed by atoms with Crippen molar-refractivity contribution in [2.24, 2.45) is 17.8 Å². The van der Waals surface area contributed by atoms with E-state index in [2.05, 4.69) is 49.9 Å². The number of hydrogen-bond acceptors (Lipinski definition) is 1. The molecule has 1 unspecified atom stereocenters. The van der Waals surface area contributed by atoms with Crippen LogP contribution in [0.4, 0.5) is 0 Å². The van der Waals surface area contributed by atoms with Crippen LogP contribution in [-0.2, 0) is 0 Å². The third-order valence-corrected chi connectivity index (χ3v) is 8.13. The molecule has 2 aliphatic carbocycles. The number of unbranched alkanes of at least 4 members (excludes halogenated alkanes) is 3. The van der Waals surface area contributed by atoms with E-state index in [9.17, 15) is 0 Å². The lowest BCUT2D eigenvalue weighted by molar-refractivity contribution is 0.113. The Morgan fingerprint density at radius 3 is 2.22 bits per heavy atom. The molecule has 2 saturated carbocycles. The molecule has 4 rings (SSSR count). The average molecular weight is 431 g/mol. The van der Waals surface area contributed by atoms with Gasteiger partial charge < -0.3 is 4.74 Å². The zero-order valence-electron chi connectivity index (χ0n) is 20.1. The van der Waals surface area contributed by atoms with Crippen LogP contribution in [-0.4, -0.2) is 6.61 Å². The molecule has 2 aromatic rings. The first-order valence-electron chi connectivity index (χ1n) is 13.2. The number of ether oxygens (including phenoxy) is 1. The van der Waals surface area contributed by atoms with Gasteiger partial charge in [-0.05, 0) is 84.6 Å². The summed E-state index contributed by atoms with van der Waals surface area (Å²) in [7, 11) is 0. The predicted molar refractivity (Wildman–Crippen MR) is 137 cm³/mol. The molecule has 2 aliphatic rings. The second kappa shape index (κ2) is 11.7. The molecule has 0 heterocycles. The van der Waals surface area contributed by atoms with E-state index in [1.807, 2.05) is 12.1 Å². The van der Waals surface area contributed by atoms with E-state index in [1.165, 1.54) is 81.8 Å². The van der Waals surface area contributed by atoms with Gasteiger partial charge >= 0.3 is 0 Å². The lowest BCUT2D eigenvalue weighted by atomic mass is 9.63. The molecule has 0 saturated heterocycles. The van der Waals surface area contributed by atoms with Gasteiger partial charge in [0.05, 0.1) is 0 Å². The average Bonchev–Trinajstić information content (AvgIpc) is 2.85. The predicted octanol–water partition coefficient (Wildman–Crippen LogP) is 9.19. The molecular weight excluding hydrogens is 388 g/mol. The van der Waals surface area contributed by atoms with E-state index < -0.39 is 0 Å². The first-order valence-corrected chi connectivity index (χ1v) is 13.2. The lowest BCUT2D eigenvalue weighted by Crippen LogP contribution is -2.30. The Morgan fingerprint density at radius 2 is 1.50 bits per heavy atom. The highest BCUT2D eigenvalue weighted by Gasteiger charge is 2.35. The van der Waals surface area contributed by atoms with Crippen molar-refractivity contribution in [3.8, 4) is 16.9 Å². The quantitative estimate of drug-likeness (QED) is 0.269. The maximum absolute atomic E-state index is 5.61. The summed E-state index contributed by atoms with van der Waals surface area (Å²) in [4.78, 5) is 0. The Balaban J connectivity index is 1.29. The summed E-state index contributed by atoms with van der Waals surface area (Å²) in [6.45, 7) is 6.57. The Labute approximate surface area is 196 Å². The highest BCUT2D eigenvalue weighted by molar-refractivity contribution is 5.64. The topological polar surface area (TPSA) is 9.23 Å². The molecular formula is C31H42O. The van der Waals surface area contributed by atoms with Crippen LogP contribution in [0.3, 0.4) is 0 Å². The van der Waals surface area contributed by atoms with Gasteiger partial charge in [-0.2, -0.15) is 0 Å². The van der Waals surface area contributed by atoms with Gasteiger partial charge in [0.15, 0.2) is 0 Å². The van der Waals surface area contributed by atoms with Gasteiger partial charge in [0, 0.05) is 0 Å². The summed E-state index contributed by atoms with van der Waals surface area (Å²) >= 11 is 0. The fourth-order valence-corrected chi connectivity index (χ4v) is 6.26. The van der Waals surface area contributed by atoms with Gasteiger partial charge in [-0.15, -0.1) is 0 Å². The Morgan fingerprint density at radius 1 is 0.812 bits per heavy atom. The van der Waals surface area contributed by atoms with Crippen LogP contribution in [0.15, 0.2) is 61.2 Å². The maximum Gasteiger partial charge on any atom is 0.119 e. The standard InChI is InChI=1S/C31H42O/c1-3-5-6-7-8-24-9-10-30-23-29(16-15-28(30)22-24)27-13-11-25(12-14-27)26-17-19-31(20-18-26)32-21-4-2/h4,11-14,17-20,24,28-30H,2-3,5-10,15-16,21-23H2,1H3/t24?,28-,29-,30-/m1/s1. The Bertz CT molecular complexity index is 819. The zero-order valence-corrected chi connectivity index (χ0v) is 20.1. The van der Waals surface area contributed by atoms with Gasteiger partial charge in [-0.25, -0.2) is 0 Å². The van der Waals surface area contributed by atoms with Crippen LogP contribution in [0.5, 0.6) is 5.75 Å². The SMILES string of the molecule is C=CCOc1ccc(-c2ccc([C@@H]3CC[C@@H]4CC(CCCCCC)CC[C@@H]4C3)cc2)cc1. The molecule has 0 N–H and O–H groups in total. The van der Waals surface area contributed by atoms with E-state index in [1.54, 1.807) is 11.6 Å². The molecule has 2 aromatic carbocycles. The van der Waals surface area contributed by atoms with E-state index in [4.69, 9.17) is 4.74 Å². The van der Waals surface area contributed by atoms with Crippen molar-refractivity contribution in [3.63, 3.8) is 0 Å². The fraction of sp³-hybridized carbons (Fsp3) is 0.548. The van der Waals surface area contributed by atoms with Crippen LogP contribution in [0.25, 0.3) is 11.1 Å². The molecule has 1 nitrogen and oxygen atoms in total. The molecule has 0 amide bonds. The Hall–Kier alpha value is -2.02. The van der Waals surface area contributed by atoms with E-state index >= 15 is 0 Å². The van der Waals surface area contributed by atoms with E-state index in [-0.39, 0.29) is 0 Å². The summed E-state index contributed by atoms with van der Waals surface area (Å²) in [5, 5.41) is 0. The third-order valence-electron chi connectivity index (χ3n) is 8.13. The van der Waals surface area contributed by atoms with Crippen molar-refractivity contribution in [1.29, 1.82) is 0 Å². The van der Waals surface area contributed by atoms with E-state index in [0.717, 1.165) is 29.4 Å². The summed E-state index contributed by atoms with van der Waals surface area (Å²) in [6.07, 6.45) is 17.7. The molecule has 0 aliphatic heterocycles. The number of hydrogen-bond donors (Lipinski definition) is 0. The molecule has 2 fully saturated rings. The van der Waals surface area contributed by atoms with Gasteiger partial charge in [0.2, 0.25) is 0 Å². The van der Waals surface area contributed by atoms with Crippen LogP contribution in [0.1, 0.15) is 89.0 Å². The molecule has 0 radical (unpaired) electrons. The molecule has 1 heteroatoms.